The Hall–Kier alpha value is -2.67. The van der Waals surface area contributed by atoms with Gasteiger partial charge in [-0.15, -0.1) is 17.7 Å². The Balaban J connectivity index is 0.000000196. The summed E-state index contributed by atoms with van der Waals surface area (Å²) in [7, 11) is 0. The van der Waals surface area contributed by atoms with Gasteiger partial charge in [-0.2, -0.15) is 4.68 Å². The number of aromatic nitrogens is 4. The van der Waals surface area contributed by atoms with Gasteiger partial charge in [0.25, 0.3) is 0 Å². The Bertz CT molecular complexity index is 813. The lowest BCUT2D eigenvalue weighted by Gasteiger charge is -2.08. The van der Waals surface area contributed by atoms with Crippen molar-refractivity contribution in [1.82, 2.24) is 20.2 Å². The molecule has 110 valence electrons. The van der Waals surface area contributed by atoms with Crippen molar-refractivity contribution >= 4 is 24.2 Å². The molecule has 22 heavy (non-hydrogen) atoms. The number of nitrogens with one attached hydrogen (secondary N) is 1. The van der Waals surface area contributed by atoms with Crippen LogP contribution in [0.3, 0.4) is 0 Å². The number of rotatable bonds is 2. The Morgan fingerprint density at radius 2 is 1.86 bits per heavy atom. The zero-order chi connectivity index (χ0) is 15.5. The molecule has 0 fully saturated rings. The van der Waals surface area contributed by atoms with E-state index in [-0.39, 0.29) is 5.91 Å². The second kappa shape index (κ2) is 5.98. The molecule has 1 N–H and O–H groups in total. The third-order valence-electron chi connectivity index (χ3n) is 3.01. The maximum absolute atomic E-state index is 11.0. The number of anilines is 1. The van der Waals surface area contributed by atoms with E-state index in [1.165, 1.54) is 22.7 Å². The number of carbonyl (C=O) groups excluding carboxylic acids is 1. The second-order valence-electron chi connectivity index (χ2n) is 4.67. The van der Waals surface area contributed by atoms with Crippen molar-refractivity contribution in [3.05, 3.63) is 48.5 Å². The van der Waals surface area contributed by atoms with Crippen molar-refractivity contribution in [3.8, 4) is 16.8 Å². The molecule has 6 nitrogen and oxygen atoms in total. The zero-order valence-corrected chi connectivity index (χ0v) is 12.7. The molecule has 2 aliphatic carbocycles. The van der Waals surface area contributed by atoms with E-state index in [1.54, 1.807) is 12.1 Å². The largest absolute Gasteiger partial charge is 0.324 e. The third-order valence-corrected chi connectivity index (χ3v) is 3.29. The highest BCUT2D eigenvalue weighted by atomic mass is 32.1. The summed E-state index contributed by atoms with van der Waals surface area (Å²) in [4.78, 5) is 11.0. The molecule has 1 heterocycles. The molecule has 0 atom stereocenters. The van der Waals surface area contributed by atoms with Gasteiger partial charge in [-0.1, -0.05) is 30.3 Å². The normalized spacial score (nSPS) is 10.5. The van der Waals surface area contributed by atoms with E-state index < -0.39 is 0 Å². The molecule has 0 unspecified atom stereocenters. The van der Waals surface area contributed by atoms with Crippen molar-refractivity contribution < 1.29 is 4.79 Å². The van der Waals surface area contributed by atoms with Crippen LogP contribution < -0.4 is 5.32 Å². The van der Waals surface area contributed by atoms with E-state index in [0.717, 1.165) is 0 Å². The molecule has 1 amide bonds. The van der Waals surface area contributed by atoms with Crippen LogP contribution in [0.4, 0.5) is 5.69 Å². The van der Waals surface area contributed by atoms with Gasteiger partial charge < -0.3 is 5.32 Å². The van der Waals surface area contributed by atoms with Crippen LogP contribution in [0.5, 0.6) is 0 Å². The highest BCUT2D eigenvalue weighted by molar-refractivity contribution is 7.80. The Morgan fingerprint density at radius 3 is 2.36 bits per heavy atom. The molecule has 0 saturated heterocycles. The molecular weight excluding hydrogens is 298 g/mol. The van der Waals surface area contributed by atoms with E-state index in [1.807, 2.05) is 12.1 Å². The summed E-state index contributed by atoms with van der Waals surface area (Å²) < 4.78 is 1.44. The number of tetrazole rings is 1. The predicted molar refractivity (Wildman–Crippen MR) is 86.1 cm³/mol. The van der Waals surface area contributed by atoms with Gasteiger partial charge in [0.2, 0.25) is 11.1 Å². The summed E-state index contributed by atoms with van der Waals surface area (Å²) in [5.74, 6) is -0.152. The molecule has 0 saturated carbocycles. The Morgan fingerprint density at radius 1 is 1.14 bits per heavy atom. The van der Waals surface area contributed by atoms with Gasteiger partial charge in [-0.3, -0.25) is 4.79 Å². The van der Waals surface area contributed by atoms with Crippen LogP contribution in [-0.4, -0.2) is 26.1 Å². The summed E-state index contributed by atoms with van der Waals surface area (Å²) in [6, 6.07) is 15.7. The molecule has 1 aromatic carbocycles. The number of para-hydroxylation sites is 2. The zero-order valence-electron chi connectivity index (χ0n) is 11.8. The van der Waals surface area contributed by atoms with Crippen LogP contribution in [0.15, 0.2) is 53.7 Å². The fourth-order valence-corrected chi connectivity index (χ4v) is 2.16. The molecule has 1 aromatic heterocycles. The summed E-state index contributed by atoms with van der Waals surface area (Å²) in [5.41, 5.74) is 4.16. The number of benzene rings is 2. The summed E-state index contributed by atoms with van der Waals surface area (Å²) in [5, 5.41) is 14.0. The summed E-state index contributed by atoms with van der Waals surface area (Å²) in [6.07, 6.45) is 0. The smallest absolute Gasteiger partial charge is 0.221 e. The standard InChI is InChI=1S/C9H9N5OS.C6H4/c1-6(15)10-7-4-2-3-5-8(7)14-9(16)11-12-13-14;1-2-5-4-6(5)3-1/h2-5H,1H3,(H,10,15)(H,11,13,16);1-4H. The minimum absolute atomic E-state index is 0.152. The SMILES string of the molecule is CC(=O)Nc1ccccc1-n1nnnc1S.c1cc2cc-2c1. The average Bonchev–Trinajstić information content (AvgIpc) is 2.89. The van der Waals surface area contributed by atoms with Crippen molar-refractivity contribution in [2.75, 3.05) is 5.32 Å². The van der Waals surface area contributed by atoms with Crippen molar-refractivity contribution in [3.63, 3.8) is 0 Å². The maximum Gasteiger partial charge on any atom is 0.221 e. The number of hydrogen-bond acceptors (Lipinski definition) is 5. The summed E-state index contributed by atoms with van der Waals surface area (Å²) >= 11 is 4.11. The van der Waals surface area contributed by atoms with Gasteiger partial charge in [0.1, 0.15) is 0 Å². The summed E-state index contributed by atoms with van der Waals surface area (Å²) in [6.45, 7) is 1.44. The first-order valence-corrected chi connectivity index (χ1v) is 7.04. The molecule has 2 aliphatic rings. The lowest BCUT2D eigenvalue weighted by Crippen LogP contribution is -2.10. The number of thiol groups is 1. The fraction of sp³-hybridized carbons (Fsp3) is 0.0667. The first-order valence-electron chi connectivity index (χ1n) is 6.60. The van der Waals surface area contributed by atoms with Crippen LogP contribution >= 0.6 is 12.6 Å². The minimum Gasteiger partial charge on any atom is -0.324 e. The van der Waals surface area contributed by atoms with Crippen molar-refractivity contribution in [1.29, 1.82) is 0 Å². The van der Waals surface area contributed by atoms with Gasteiger partial charge in [0.15, 0.2) is 0 Å². The maximum atomic E-state index is 11.0. The predicted octanol–water partition coefficient (Wildman–Crippen LogP) is 2.58. The number of hydrogen-bond donors (Lipinski definition) is 2. The third kappa shape index (κ3) is 3.15. The van der Waals surface area contributed by atoms with Crippen LogP contribution in [-0.2, 0) is 4.79 Å². The molecule has 0 bridgehead atoms. The molecule has 7 heteroatoms. The molecule has 0 radical (unpaired) electrons. The first kappa shape index (κ1) is 14.3. The van der Waals surface area contributed by atoms with Gasteiger partial charge >= 0.3 is 0 Å². The van der Waals surface area contributed by atoms with E-state index in [4.69, 9.17) is 0 Å². The van der Waals surface area contributed by atoms with E-state index in [0.29, 0.717) is 16.5 Å². The number of fused-ring (bicyclic) bond motifs is 1. The highest BCUT2D eigenvalue weighted by Crippen LogP contribution is 2.32. The van der Waals surface area contributed by atoms with Crippen LogP contribution in [0.25, 0.3) is 16.8 Å². The Kier molecular flexibility index (Phi) is 3.88. The van der Waals surface area contributed by atoms with Gasteiger partial charge in [0, 0.05) is 6.92 Å². The van der Waals surface area contributed by atoms with Gasteiger partial charge in [-0.05, 0) is 39.8 Å². The highest BCUT2D eigenvalue weighted by Gasteiger charge is 2.09. The topological polar surface area (TPSA) is 72.7 Å². The van der Waals surface area contributed by atoms with Crippen molar-refractivity contribution in [2.24, 2.45) is 0 Å². The lowest BCUT2D eigenvalue weighted by atomic mass is 10.2. The molecular formula is C15H13N5OS. The van der Waals surface area contributed by atoms with Gasteiger partial charge in [0.05, 0.1) is 11.4 Å². The van der Waals surface area contributed by atoms with Crippen molar-refractivity contribution in [2.45, 2.75) is 12.1 Å². The van der Waals surface area contributed by atoms with Crippen LogP contribution in [0.2, 0.25) is 0 Å². The monoisotopic (exact) mass is 311 g/mol. The fourth-order valence-electron chi connectivity index (χ4n) is 1.97. The quantitative estimate of drug-likeness (QED) is 0.558. The van der Waals surface area contributed by atoms with E-state index >= 15 is 0 Å². The molecule has 2 aromatic rings. The molecule has 4 rings (SSSR count). The average molecular weight is 311 g/mol. The second-order valence-corrected chi connectivity index (χ2v) is 5.07. The first-order chi connectivity index (χ1) is 10.6. The van der Waals surface area contributed by atoms with Gasteiger partial charge in [-0.25, -0.2) is 0 Å². The number of amides is 1. The van der Waals surface area contributed by atoms with Crippen LogP contribution in [0, 0.1) is 0 Å². The molecule has 0 spiro atoms. The minimum atomic E-state index is -0.152. The van der Waals surface area contributed by atoms with Crippen LogP contribution in [0.1, 0.15) is 6.92 Å². The lowest BCUT2D eigenvalue weighted by molar-refractivity contribution is -0.114. The van der Waals surface area contributed by atoms with E-state index in [9.17, 15) is 4.79 Å². The number of carbonyl (C=O) groups is 1. The van der Waals surface area contributed by atoms with E-state index in [2.05, 4.69) is 57.7 Å². The molecule has 0 aliphatic heterocycles. The Labute approximate surface area is 132 Å². The number of nitrogens with zero attached hydrogens (tertiary/aromatic N) is 4.